The predicted molar refractivity (Wildman–Crippen MR) is 87.2 cm³/mol. The monoisotopic (exact) mass is 331 g/mol. The summed E-state index contributed by atoms with van der Waals surface area (Å²) in [6.45, 7) is 7.27. The molecule has 1 aromatic heterocycles. The van der Waals surface area contributed by atoms with Crippen LogP contribution in [0.15, 0.2) is 16.3 Å². The highest BCUT2D eigenvalue weighted by molar-refractivity contribution is 7.89. The second kappa shape index (κ2) is 8.24. The minimum Gasteiger partial charge on any atom is -0.312 e. The van der Waals surface area contributed by atoms with Crippen molar-refractivity contribution in [2.75, 3.05) is 32.7 Å². The van der Waals surface area contributed by atoms with Gasteiger partial charge in [0, 0.05) is 29.9 Å². The van der Waals surface area contributed by atoms with Crippen molar-refractivity contribution in [3.63, 3.8) is 0 Å². The minimum atomic E-state index is -3.36. The van der Waals surface area contributed by atoms with Gasteiger partial charge in [-0.15, -0.1) is 11.3 Å². The van der Waals surface area contributed by atoms with Crippen LogP contribution in [0.2, 0.25) is 0 Å². The molecule has 5 nitrogen and oxygen atoms in total. The lowest BCUT2D eigenvalue weighted by molar-refractivity contribution is 0.344. The number of likely N-dealkylation sites (tertiary alicyclic amines) is 1. The maximum absolute atomic E-state index is 12.2. The van der Waals surface area contributed by atoms with Gasteiger partial charge in [-0.25, -0.2) is 13.1 Å². The normalized spacial score (nSPS) is 16.6. The highest BCUT2D eigenvalue weighted by atomic mass is 32.2. The minimum absolute atomic E-state index is 0.391. The second-order valence-electron chi connectivity index (χ2n) is 5.37. The topological polar surface area (TPSA) is 61.4 Å². The van der Waals surface area contributed by atoms with Gasteiger partial charge < -0.3 is 10.2 Å². The van der Waals surface area contributed by atoms with Crippen molar-refractivity contribution in [2.24, 2.45) is 0 Å². The molecule has 1 aromatic rings. The Labute approximate surface area is 131 Å². The smallest absolute Gasteiger partial charge is 0.241 e. The average Bonchev–Trinajstić information content (AvgIpc) is 3.10. The molecule has 120 valence electrons. The van der Waals surface area contributed by atoms with E-state index < -0.39 is 10.0 Å². The van der Waals surface area contributed by atoms with E-state index in [1.165, 1.54) is 24.2 Å². The third-order valence-corrected chi connectivity index (χ3v) is 6.11. The zero-order valence-electron chi connectivity index (χ0n) is 12.6. The van der Waals surface area contributed by atoms with Gasteiger partial charge in [0.1, 0.15) is 0 Å². The summed E-state index contributed by atoms with van der Waals surface area (Å²) in [6.07, 6.45) is 3.53. The molecule has 0 amide bonds. The molecule has 1 saturated heterocycles. The summed E-state index contributed by atoms with van der Waals surface area (Å²) in [7, 11) is -3.36. The van der Waals surface area contributed by atoms with Crippen LogP contribution in [0, 0.1) is 0 Å². The molecular formula is C14H25N3O2S2. The van der Waals surface area contributed by atoms with E-state index in [9.17, 15) is 8.42 Å². The van der Waals surface area contributed by atoms with Gasteiger partial charge in [0.05, 0.1) is 4.90 Å². The fourth-order valence-corrected chi connectivity index (χ4v) is 4.68. The quantitative estimate of drug-likeness (QED) is 0.675. The summed E-state index contributed by atoms with van der Waals surface area (Å²) in [5.41, 5.74) is 0. The standard InChI is InChI=1S/C14H25N3O2S2/c1-2-5-15-11-13-10-14(12-20-13)21(18,19)16-6-9-17-7-3-4-8-17/h10,12,15-16H,2-9,11H2,1H3. The van der Waals surface area contributed by atoms with Gasteiger partial charge in [0.25, 0.3) is 0 Å². The maximum atomic E-state index is 12.2. The number of hydrogen-bond acceptors (Lipinski definition) is 5. The summed E-state index contributed by atoms with van der Waals surface area (Å²) in [6, 6.07) is 1.77. The van der Waals surface area contributed by atoms with Gasteiger partial charge in [0.15, 0.2) is 0 Å². The molecule has 0 unspecified atom stereocenters. The molecule has 2 heterocycles. The van der Waals surface area contributed by atoms with Crippen LogP contribution in [0.1, 0.15) is 31.1 Å². The number of thiophene rings is 1. The molecule has 1 fully saturated rings. The number of hydrogen-bond donors (Lipinski definition) is 2. The first-order valence-corrected chi connectivity index (χ1v) is 9.98. The van der Waals surface area contributed by atoms with Gasteiger partial charge in [-0.05, 0) is 45.0 Å². The van der Waals surface area contributed by atoms with E-state index in [-0.39, 0.29) is 0 Å². The van der Waals surface area contributed by atoms with E-state index >= 15 is 0 Å². The fourth-order valence-electron chi connectivity index (χ4n) is 2.41. The highest BCUT2D eigenvalue weighted by Crippen LogP contribution is 2.19. The molecule has 0 spiro atoms. The Morgan fingerprint density at radius 3 is 2.76 bits per heavy atom. The van der Waals surface area contributed by atoms with Crippen LogP contribution >= 0.6 is 11.3 Å². The van der Waals surface area contributed by atoms with E-state index in [0.29, 0.717) is 11.4 Å². The maximum Gasteiger partial charge on any atom is 0.241 e. The molecule has 0 radical (unpaired) electrons. The lowest BCUT2D eigenvalue weighted by Crippen LogP contribution is -2.33. The zero-order chi connectivity index (χ0) is 15.1. The number of sulfonamides is 1. The lowest BCUT2D eigenvalue weighted by Gasteiger charge is -2.14. The Morgan fingerprint density at radius 1 is 1.29 bits per heavy atom. The van der Waals surface area contributed by atoms with Crippen molar-refractivity contribution < 1.29 is 8.42 Å². The molecule has 2 rings (SSSR count). The number of nitrogens with zero attached hydrogens (tertiary/aromatic N) is 1. The van der Waals surface area contributed by atoms with E-state index in [1.54, 1.807) is 11.4 Å². The first-order valence-electron chi connectivity index (χ1n) is 7.62. The van der Waals surface area contributed by atoms with E-state index in [1.807, 2.05) is 0 Å². The number of nitrogens with one attached hydrogen (secondary N) is 2. The fraction of sp³-hybridized carbons (Fsp3) is 0.714. The SMILES string of the molecule is CCCNCc1cc(S(=O)(=O)NCCN2CCCC2)cs1. The van der Waals surface area contributed by atoms with Gasteiger partial charge in [-0.3, -0.25) is 0 Å². The average molecular weight is 332 g/mol. The molecule has 0 atom stereocenters. The Bertz CT molecular complexity index is 522. The highest BCUT2D eigenvalue weighted by Gasteiger charge is 2.17. The van der Waals surface area contributed by atoms with Crippen molar-refractivity contribution in [1.82, 2.24) is 14.9 Å². The summed E-state index contributed by atoms with van der Waals surface area (Å²) in [5.74, 6) is 0. The molecule has 1 aliphatic rings. The van der Waals surface area contributed by atoms with Crippen molar-refractivity contribution in [3.8, 4) is 0 Å². The van der Waals surface area contributed by atoms with Crippen LogP contribution in [0.25, 0.3) is 0 Å². The van der Waals surface area contributed by atoms with Gasteiger partial charge >= 0.3 is 0 Å². The van der Waals surface area contributed by atoms with Crippen molar-refractivity contribution >= 4 is 21.4 Å². The molecule has 2 N–H and O–H groups in total. The molecule has 0 bridgehead atoms. The Kier molecular flexibility index (Phi) is 6.63. The van der Waals surface area contributed by atoms with Crippen molar-refractivity contribution in [3.05, 3.63) is 16.3 Å². The van der Waals surface area contributed by atoms with Crippen LogP contribution < -0.4 is 10.0 Å². The summed E-state index contributed by atoms with van der Waals surface area (Å²) in [5, 5.41) is 5.01. The number of rotatable bonds is 9. The Morgan fingerprint density at radius 2 is 2.05 bits per heavy atom. The molecule has 0 saturated carbocycles. The summed E-state index contributed by atoms with van der Waals surface area (Å²) >= 11 is 1.49. The Hall–Kier alpha value is -0.470. The second-order valence-corrected chi connectivity index (χ2v) is 8.13. The van der Waals surface area contributed by atoms with Gasteiger partial charge in [0.2, 0.25) is 10.0 Å². The Balaban J connectivity index is 1.80. The first-order chi connectivity index (χ1) is 10.1. The molecule has 7 heteroatoms. The molecule has 1 aliphatic heterocycles. The van der Waals surface area contributed by atoms with Gasteiger partial charge in [-0.2, -0.15) is 0 Å². The molecule has 0 aromatic carbocycles. The zero-order valence-corrected chi connectivity index (χ0v) is 14.2. The molecule has 21 heavy (non-hydrogen) atoms. The third-order valence-electron chi connectivity index (χ3n) is 3.58. The summed E-state index contributed by atoms with van der Waals surface area (Å²) in [4.78, 5) is 3.75. The van der Waals surface area contributed by atoms with E-state index in [4.69, 9.17) is 0 Å². The van der Waals surface area contributed by atoms with Crippen LogP contribution in [-0.4, -0.2) is 46.0 Å². The van der Waals surface area contributed by atoms with Crippen LogP contribution in [0.5, 0.6) is 0 Å². The van der Waals surface area contributed by atoms with Crippen molar-refractivity contribution in [2.45, 2.75) is 37.6 Å². The van der Waals surface area contributed by atoms with Crippen LogP contribution in [0.4, 0.5) is 0 Å². The molecule has 0 aliphatic carbocycles. The van der Waals surface area contributed by atoms with Crippen LogP contribution in [0.3, 0.4) is 0 Å². The molecular weight excluding hydrogens is 306 g/mol. The first kappa shape index (κ1) is 16.9. The van der Waals surface area contributed by atoms with E-state index in [2.05, 4.69) is 21.9 Å². The third kappa shape index (κ3) is 5.34. The van der Waals surface area contributed by atoms with Gasteiger partial charge in [-0.1, -0.05) is 6.92 Å². The van der Waals surface area contributed by atoms with Crippen molar-refractivity contribution in [1.29, 1.82) is 0 Å². The van der Waals surface area contributed by atoms with Crippen LogP contribution in [-0.2, 0) is 16.6 Å². The lowest BCUT2D eigenvalue weighted by atomic mass is 10.4. The largest absolute Gasteiger partial charge is 0.312 e. The predicted octanol–water partition coefficient (Wildman–Crippen LogP) is 1.62. The summed E-state index contributed by atoms with van der Waals surface area (Å²) < 4.78 is 27.1. The van der Waals surface area contributed by atoms with E-state index in [0.717, 1.165) is 44.0 Å².